The second-order valence-corrected chi connectivity index (χ2v) is 5.05. The molecule has 104 valence electrons. The number of aliphatic carboxylic acids is 1. The average Bonchev–Trinajstić information content (AvgIpc) is 2.45. The number of likely N-dealkylation sites (N-methyl/N-ethyl adjacent to an activating group) is 1. The summed E-state index contributed by atoms with van der Waals surface area (Å²) in [6, 6.07) is 19.0. The predicted octanol–water partition coefficient (Wildman–Crippen LogP) is 2.83. The SMILES string of the molecule is CN(C)[C@H](C(=O)O)C(c1ccccc1)c1ccccc1. The number of hydrogen-bond acceptors (Lipinski definition) is 2. The van der Waals surface area contributed by atoms with Crippen LogP contribution in [-0.2, 0) is 4.79 Å². The van der Waals surface area contributed by atoms with Crippen LogP contribution in [0.1, 0.15) is 17.0 Å². The Hall–Kier alpha value is -2.13. The molecule has 3 heteroatoms. The van der Waals surface area contributed by atoms with Gasteiger partial charge in [0.1, 0.15) is 6.04 Å². The van der Waals surface area contributed by atoms with Gasteiger partial charge >= 0.3 is 5.97 Å². The first-order chi connectivity index (χ1) is 9.61. The van der Waals surface area contributed by atoms with Crippen molar-refractivity contribution in [3.8, 4) is 0 Å². The predicted molar refractivity (Wildman–Crippen MR) is 79.8 cm³/mol. The summed E-state index contributed by atoms with van der Waals surface area (Å²) in [4.78, 5) is 13.4. The Morgan fingerprint density at radius 2 is 1.30 bits per heavy atom. The summed E-state index contributed by atoms with van der Waals surface area (Å²) >= 11 is 0. The minimum atomic E-state index is -0.812. The van der Waals surface area contributed by atoms with E-state index in [1.807, 2.05) is 60.7 Å². The molecule has 2 aromatic carbocycles. The monoisotopic (exact) mass is 269 g/mol. The van der Waals surface area contributed by atoms with Crippen molar-refractivity contribution in [3.05, 3.63) is 71.8 Å². The van der Waals surface area contributed by atoms with Crippen molar-refractivity contribution < 1.29 is 9.90 Å². The van der Waals surface area contributed by atoms with Crippen LogP contribution in [-0.4, -0.2) is 36.1 Å². The van der Waals surface area contributed by atoms with Gasteiger partial charge < -0.3 is 5.11 Å². The number of carbonyl (C=O) groups is 1. The Balaban J connectivity index is 2.52. The molecule has 0 saturated heterocycles. The summed E-state index contributed by atoms with van der Waals surface area (Å²) in [5.74, 6) is -1.00. The molecule has 0 fully saturated rings. The third-order valence-corrected chi connectivity index (χ3v) is 3.44. The summed E-state index contributed by atoms with van der Waals surface area (Å²) in [7, 11) is 3.61. The van der Waals surface area contributed by atoms with E-state index in [0.29, 0.717) is 0 Å². The van der Waals surface area contributed by atoms with E-state index >= 15 is 0 Å². The number of hydrogen-bond donors (Lipinski definition) is 1. The minimum Gasteiger partial charge on any atom is -0.480 e. The zero-order valence-corrected chi connectivity index (χ0v) is 11.7. The van der Waals surface area contributed by atoms with Crippen molar-refractivity contribution in [1.29, 1.82) is 0 Å². The van der Waals surface area contributed by atoms with Crippen molar-refractivity contribution >= 4 is 5.97 Å². The second kappa shape index (κ2) is 6.35. The van der Waals surface area contributed by atoms with Crippen LogP contribution in [0.15, 0.2) is 60.7 Å². The first-order valence-corrected chi connectivity index (χ1v) is 6.60. The molecule has 0 radical (unpaired) electrons. The van der Waals surface area contributed by atoms with Gasteiger partial charge in [-0.25, -0.2) is 0 Å². The largest absolute Gasteiger partial charge is 0.480 e. The molecule has 0 bridgehead atoms. The van der Waals surface area contributed by atoms with Gasteiger partial charge in [0.15, 0.2) is 0 Å². The third-order valence-electron chi connectivity index (χ3n) is 3.44. The molecule has 0 saturated carbocycles. The van der Waals surface area contributed by atoms with Crippen LogP contribution in [0.5, 0.6) is 0 Å². The van der Waals surface area contributed by atoms with E-state index in [4.69, 9.17) is 0 Å². The number of carboxylic acids is 1. The topological polar surface area (TPSA) is 40.5 Å². The standard InChI is InChI=1S/C17H19NO2/c1-18(2)16(17(19)20)15(13-9-5-3-6-10-13)14-11-7-4-8-12-14/h3-12,15-16H,1-2H3,(H,19,20)/t16-/m0/s1. The fourth-order valence-electron chi connectivity index (χ4n) is 2.54. The molecule has 0 aliphatic rings. The molecule has 2 rings (SSSR count). The molecule has 1 N–H and O–H groups in total. The van der Waals surface area contributed by atoms with Crippen molar-refractivity contribution in [2.24, 2.45) is 0 Å². The van der Waals surface area contributed by atoms with Gasteiger partial charge in [0.2, 0.25) is 0 Å². The molecular formula is C17H19NO2. The molecule has 0 unspecified atom stereocenters. The first-order valence-electron chi connectivity index (χ1n) is 6.60. The van der Waals surface area contributed by atoms with Gasteiger partial charge in [-0.1, -0.05) is 60.7 Å². The highest BCUT2D eigenvalue weighted by Crippen LogP contribution is 2.30. The second-order valence-electron chi connectivity index (χ2n) is 5.05. The number of carboxylic acid groups (broad SMARTS) is 1. The fraction of sp³-hybridized carbons (Fsp3) is 0.235. The highest BCUT2D eigenvalue weighted by Gasteiger charge is 2.32. The average molecular weight is 269 g/mol. The lowest BCUT2D eigenvalue weighted by molar-refractivity contribution is -0.142. The molecule has 0 aliphatic heterocycles. The maximum absolute atomic E-state index is 11.7. The lowest BCUT2D eigenvalue weighted by Crippen LogP contribution is -2.41. The Morgan fingerprint density at radius 1 is 0.900 bits per heavy atom. The smallest absolute Gasteiger partial charge is 0.321 e. The van der Waals surface area contributed by atoms with Crippen molar-refractivity contribution in [1.82, 2.24) is 4.90 Å². The molecule has 0 aromatic heterocycles. The number of nitrogens with zero attached hydrogens (tertiary/aromatic N) is 1. The van der Waals surface area contributed by atoms with E-state index in [-0.39, 0.29) is 5.92 Å². The summed E-state index contributed by atoms with van der Waals surface area (Å²) in [6.45, 7) is 0. The van der Waals surface area contributed by atoms with Gasteiger partial charge in [-0.3, -0.25) is 9.69 Å². The van der Waals surface area contributed by atoms with E-state index < -0.39 is 12.0 Å². The molecular weight excluding hydrogens is 250 g/mol. The zero-order valence-electron chi connectivity index (χ0n) is 11.7. The van der Waals surface area contributed by atoms with E-state index in [2.05, 4.69) is 0 Å². The van der Waals surface area contributed by atoms with Gasteiger partial charge in [-0.15, -0.1) is 0 Å². The van der Waals surface area contributed by atoms with Gasteiger partial charge in [-0.2, -0.15) is 0 Å². The van der Waals surface area contributed by atoms with Crippen molar-refractivity contribution in [2.75, 3.05) is 14.1 Å². The van der Waals surface area contributed by atoms with Crippen LogP contribution >= 0.6 is 0 Å². The van der Waals surface area contributed by atoms with E-state index in [1.54, 1.807) is 19.0 Å². The fourth-order valence-corrected chi connectivity index (χ4v) is 2.54. The molecule has 0 amide bonds. The normalized spacial score (nSPS) is 12.6. The van der Waals surface area contributed by atoms with E-state index in [0.717, 1.165) is 11.1 Å². The number of benzene rings is 2. The number of rotatable bonds is 5. The van der Waals surface area contributed by atoms with Gasteiger partial charge in [-0.05, 0) is 25.2 Å². The quantitative estimate of drug-likeness (QED) is 0.907. The molecule has 1 atom stereocenters. The molecule has 0 spiro atoms. The van der Waals surface area contributed by atoms with Gasteiger partial charge in [0, 0.05) is 5.92 Å². The highest BCUT2D eigenvalue weighted by atomic mass is 16.4. The van der Waals surface area contributed by atoms with Crippen LogP contribution in [0.4, 0.5) is 0 Å². The van der Waals surface area contributed by atoms with E-state index in [1.165, 1.54) is 0 Å². The zero-order chi connectivity index (χ0) is 14.5. The van der Waals surface area contributed by atoms with E-state index in [9.17, 15) is 9.90 Å². The summed E-state index contributed by atoms with van der Waals surface area (Å²) < 4.78 is 0. The summed E-state index contributed by atoms with van der Waals surface area (Å²) in [5.41, 5.74) is 2.03. The molecule has 3 nitrogen and oxygen atoms in total. The summed E-state index contributed by atoms with van der Waals surface area (Å²) in [5, 5.41) is 9.60. The lowest BCUT2D eigenvalue weighted by Gasteiger charge is -2.29. The maximum Gasteiger partial charge on any atom is 0.321 e. The van der Waals surface area contributed by atoms with Crippen molar-refractivity contribution in [3.63, 3.8) is 0 Å². The van der Waals surface area contributed by atoms with Crippen LogP contribution in [0.25, 0.3) is 0 Å². The Labute approximate surface area is 119 Å². The Bertz CT molecular complexity index is 512. The third kappa shape index (κ3) is 3.06. The lowest BCUT2D eigenvalue weighted by atomic mass is 9.84. The van der Waals surface area contributed by atoms with Crippen LogP contribution in [0.3, 0.4) is 0 Å². The Kier molecular flexibility index (Phi) is 4.53. The highest BCUT2D eigenvalue weighted by molar-refractivity contribution is 5.76. The maximum atomic E-state index is 11.7. The Morgan fingerprint density at radius 3 is 1.60 bits per heavy atom. The first kappa shape index (κ1) is 14.3. The van der Waals surface area contributed by atoms with Gasteiger partial charge in [0.25, 0.3) is 0 Å². The van der Waals surface area contributed by atoms with Crippen LogP contribution in [0.2, 0.25) is 0 Å². The van der Waals surface area contributed by atoms with Crippen molar-refractivity contribution in [2.45, 2.75) is 12.0 Å². The molecule has 0 heterocycles. The molecule has 20 heavy (non-hydrogen) atoms. The molecule has 2 aromatic rings. The van der Waals surface area contributed by atoms with Crippen LogP contribution in [0, 0.1) is 0 Å². The summed E-state index contributed by atoms with van der Waals surface area (Å²) in [6.07, 6.45) is 0. The van der Waals surface area contributed by atoms with Crippen LogP contribution < -0.4 is 0 Å². The van der Waals surface area contributed by atoms with Gasteiger partial charge in [0.05, 0.1) is 0 Å². The minimum absolute atomic E-state index is 0.190. The molecule has 0 aliphatic carbocycles.